The SMILES string of the molecule is CCOCc1c(C(=O)Nc2cccc(C(=O)N(CC)CC)c2)oc2ccccc12. The largest absolute Gasteiger partial charge is 0.451 e. The Kier molecular flexibility index (Phi) is 6.67. The summed E-state index contributed by atoms with van der Waals surface area (Å²) in [5.41, 5.74) is 2.43. The second-order valence-corrected chi connectivity index (χ2v) is 6.56. The van der Waals surface area contributed by atoms with Crippen molar-refractivity contribution in [3.05, 3.63) is 65.4 Å². The van der Waals surface area contributed by atoms with Crippen LogP contribution in [0.1, 0.15) is 47.2 Å². The van der Waals surface area contributed by atoms with Gasteiger partial charge < -0.3 is 19.4 Å². The lowest BCUT2D eigenvalue weighted by Gasteiger charge is -2.19. The van der Waals surface area contributed by atoms with Gasteiger partial charge in [-0.25, -0.2) is 0 Å². The maximum Gasteiger partial charge on any atom is 0.291 e. The number of hydrogen-bond donors (Lipinski definition) is 1. The standard InChI is InChI=1S/C23H26N2O4/c1-4-25(5-2)23(27)16-10-9-11-17(14-16)24-22(26)21-19(15-28-6-3)18-12-7-8-13-20(18)29-21/h7-14H,4-6,15H2,1-3H3,(H,24,26). The molecular formula is C23H26N2O4. The number of amides is 2. The van der Waals surface area contributed by atoms with Crippen LogP contribution in [-0.4, -0.2) is 36.4 Å². The molecule has 0 atom stereocenters. The zero-order valence-corrected chi connectivity index (χ0v) is 17.0. The number of anilines is 1. The molecule has 3 rings (SSSR count). The summed E-state index contributed by atoms with van der Waals surface area (Å²) in [6.07, 6.45) is 0. The average Bonchev–Trinajstić information content (AvgIpc) is 3.12. The molecule has 3 aromatic rings. The van der Waals surface area contributed by atoms with Crippen LogP contribution in [0.25, 0.3) is 11.0 Å². The van der Waals surface area contributed by atoms with Gasteiger partial charge in [-0.15, -0.1) is 0 Å². The Labute approximate surface area is 170 Å². The molecule has 2 amide bonds. The molecule has 1 aromatic heterocycles. The van der Waals surface area contributed by atoms with E-state index < -0.39 is 0 Å². The summed E-state index contributed by atoms with van der Waals surface area (Å²) in [6, 6.07) is 14.4. The maximum absolute atomic E-state index is 12.9. The normalized spacial score (nSPS) is 10.9. The molecule has 0 spiro atoms. The number of nitrogens with zero attached hydrogens (tertiary/aromatic N) is 1. The van der Waals surface area contributed by atoms with Crippen LogP contribution in [0.4, 0.5) is 5.69 Å². The Morgan fingerprint density at radius 3 is 2.52 bits per heavy atom. The molecule has 0 fully saturated rings. The van der Waals surface area contributed by atoms with Crippen LogP contribution in [0.5, 0.6) is 0 Å². The van der Waals surface area contributed by atoms with Gasteiger partial charge >= 0.3 is 0 Å². The second-order valence-electron chi connectivity index (χ2n) is 6.56. The zero-order valence-electron chi connectivity index (χ0n) is 17.0. The highest BCUT2D eigenvalue weighted by Crippen LogP contribution is 2.27. The number of ether oxygens (including phenoxy) is 1. The number of carbonyl (C=O) groups is 2. The van der Waals surface area contributed by atoms with Gasteiger partial charge in [-0.3, -0.25) is 9.59 Å². The molecule has 0 saturated carbocycles. The van der Waals surface area contributed by atoms with Crippen molar-refractivity contribution in [2.24, 2.45) is 0 Å². The molecule has 152 valence electrons. The summed E-state index contributed by atoms with van der Waals surface area (Å²) in [7, 11) is 0. The monoisotopic (exact) mass is 394 g/mol. The van der Waals surface area contributed by atoms with Crippen LogP contribution in [-0.2, 0) is 11.3 Å². The van der Waals surface area contributed by atoms with Gasteiger partial charge in [-0.1, -0.05) is 24.3 Å². The first kappa shape index (κ1) is 20.6. The number of fused-ring (bicyclic) bond motifs is 1. The van der Waals surface area contributed by atoms with E-state index in [0.717, 1.165) is 10.9 Å². The number of nitrogens with one attached hydrogen (secondary N) is 1. The quantitative estimate of drug-likeness (QED) is 0.601. The van der Waals surface area contributed by atoms with E-state index in [0.29, 0.717) is 36.5 Å². The summed E-state index contributed by atoms with van der Waals surface area (Å²) in [4.78, 5) is 27.3. The number of benzene rings is 2. The lowest BCUT2D eigenvalue weighted by atomic mass is 10.1. The summed E-state index contributed by atoms with van der Waals surface area (Å²) in [5, 5.41) is 3.71. The molecule has 29 heavy (non-hydrogen) atoms. The fourth-order valence-electron chi connectivity index (χ4n) is 3.24. The molecule has 0 aliphatic rings. The van der Waals surface area contributed by atoms with Crippen molar-refractivity contribution in [2.75, 3.05) is 25.0 Å². The van der Waals surface area contributed by atoms with Gasteiger partial charge in [0.2, 0.25) is 0 Å². The first-order valence-corrected chi connectivity index (χ1v) is 9.87. The molecule has 2 aromatic carbocycles. The lowest BCUT2D eigenvalue weighted by molar-refractivity contribution is 0.0772. The van der Waals surface area contributed by atoms with Gasteiger partial charge in [-0.05, 0) is 45.0 Å². The minimum absolute atomic E-state index is 0.0631. The summed E-state index contributed by atoms with van der Waals surface area (Å²) < 4.78 is 11.4. The van der Waals surface area contributed by atoms with Crippen molar-refractivity contribution in [2.45, 2.75) is 27.4 Å². The van der Waals surface area contributed by atoms with Crippen molar-refractivity contribution in [3.8, 4) is 0 Å². The summed E-state index contributed by atoms with van der Waals surface area (Å²) in [6.45, 7) is 7.87. The molecule has 0 aliphatic carbocycles. The van der Waals surface area contributed by atoms with Gasteiger partial charge in [0.25, 0.3) is 11.8 Å². The van der Waals surface area contributed by atoms with Crippen LogP contribution in [0.3, 0.4) is 0 Å². The van der Waals surface area contributed by atoms with E-state index >= 15 is 0 Å². The van der Waals surface area contributed by atoms with Crippen molar-refractivity contribution in [1.29, 1.82) is 0 Å². The predicted molar refractivity (Wildman–Crippen MR) is 113 cm³/mol. The molecule has 1 heterocycles. The zero-order chi connectivity index (χ0) is 20.8. The maximum atomic E-state index is 12.9. The van der Waals surface area contributed by atoms with E-state index in [4.69, 9.17) is 9.15 Å². The van der Waals surface area contributed by atoms with Gasteiger partial charge in [0.05, 0.1) is 6.61 Å². The van der Waals surface area contributed by atoms with E-state index in [9.17, 15) is 9.59 Å². The molecule has 0 radical (unpaired) electrons. The van der Waals surface area contributed by atoms with Gasteiger partial charge in [-0.2, -0.15) is 0 Å². The smallest absolute Gasteiger partial charge is 0.291 e. The highest BCUT2D eigenvalue weighted by molar-refractivity contribution is 6.07. The first-order chi connectivity index (χ1) is 14.1. The number of hydrogen-bond acceptors (Lipinski definition) is 4. The highest BCUT2D eigenvalue weighted by Gasteiger charge is 2.21. The van der Waals surface area contributed by atoms with Crippen LogP contribution >= 0.6 is 0 Å². The van der Waals surface area contributed by atoms with Crippen LogP contribution in [0.2, 0.25) is 0 Å². The van der Waals surface area contributed by atoms with Crippen molar-refractivity contribution in [3.63, 3.8) is 0 Å². The minimum atomic E-state index is -0.372. The fraction of sp³-hybridized carbons (Fsp3) is 0.304. The first-order valence-electron chi connectivity index (χ1n) is 9.87. The van der Waals surface area contributed by atoms with Gasteiger partial charge in [0, 0.05) is 41.9 Å². The molecule has 6 nitrogen and oxygen atoms in total. The minimum Gasteiger partial charge on any atom is -0.451 e. The predicted octanol–water partition coefficient (Wildman–Crippen LogP) is 4.70. The van der Waals surface area contributed by atoms with Crippen molar-refractivity contribution in [1.82, 2.24) is 4.90 Å². The van der Waals surface area contributed by atoms with Gasteiger partial charge in [0.1, 0.15) is 5.58 Å². The van der Waals surface area contributed by atoms with Crippen molar-refractivity contribution < 1.29 is 18.7 Å². The number of para-hydroxylation sites is 1. The second kappa shape index (κ2) is 9.39. The highest BCUT2D eigenvalue weighted by atomic mass is 16.5. The molecule has 6 heteroatoms. The molecule has 1 N–H and O–H groups in total. The summed E-state index contributed by atoms with van der Waals surface area (Å²) >= 11 is 0. The number of rotatable bonds is 8. The van der Waals surface area contributed by atoms with Crippen LogP contribution in [0.15, 0.2) is 52.9 Å². The van der Waals surface area contributed by atoms with E-state index in [1.165, 1.54) is 0 Å². The third kappa shape index (κ3) is 4.49. The Hall–Kier alpha value is -3.12. The number of furan rings is 1. The Morgan fingerprint density at radius 2 is 1.79 bits per heavy atom. The summed E-state index contributed by atoms with van der Waals surface area (Å²) in [5.74, 6) is -0.213. The van der Waals surface area contributed by atoms with E-state index in [2.05, 4.69) is 5.32 Å². The van der Waals surface area contributed by atoms with Gasteiger partial charge in [0.15, 0.2) is 5.76 Å². The van der Waals surface area contributed by atoms with E-state index in [-0.39, 0.29) is 24.2 Å². The fourth-order valence-corrected chi connectivity index (χ4v) is 3.24. The Balaban J connectivity index is 1.87. The third-order valence-electron chi connectivity index (χ3n) is 4.77. The molecule has 0 aliphatic heterocycles. The van der Waals surface area contributed by atoms with E-state index in [1.54, 1.807) is 29.2 Å². The Bertz CT molecular complexity index is 1010. The molecule has 0 bridgehead atoms. The average molecular weight is 394 g/mol. The molecular weight excluding hydrogens is 368 g/mol. The lowest BCUT2D eigenvalue weighted by Crippen LogP contribution is -2.30. The molecule has 0 unspecified atom stereocenters. The van der Waals surface area contributed by atoms with Crippen molar-refractivity contribution >= 4 is 28.5 Å². The molecule has 0 saturated heterocycles. The van der Waals surface area contributed by atoms with Crippen LogP contribution in [0, 0.1) is 0 Å². The van der Waals surface area contributed by atoms with E-state index in [1.807, 2.05) is 45.0 Å². The van der Waals surface area contributed by atoms with Crippen LogP contribution < -0.4 is 5.32 Å². The topological polar surface area (TPSA) is 71.8 Å². The number of carbonyl (C=O) groups excluding carboxylic acids is 2. The Morgan fingerprint density at radius 1 is 1.03 bits per heavy atom. The third-order valence-corrected chi connectivity index (χ3v) is 4.77.